The van der Waals surface area contributed by atoms with Crippen molar-refractivity contribution in [1.82, 2.24) is 9.80 Å². The Kier molecular flexibility index (Phi) is 11.1. The summed E-state index contributed by atoms with van der Waals surface area (Å²) in [6.45, 7) is 14.5. The van der Waals surface area contributed by atoms with Crippen LogP contribution >= 0.6 is 0 Å². The second kappa shape index (κ2) is 14.3. The topological polar surface area (TPSA) is 166 Å². The van der Waals surface area contributed by atoms with Crippen LogP contribution in [0.4, 0.5) is 4.79 Å². The molecule has 14 nitrogen and oxygen atoms in total. The zero-order valence-corrected chi connectivity index (χ0v) is 30.7. The van der Waals surface area contributed by atoms with Gasteiger partial charge in [0.05, 0.1) is 61.3 Å². The molecule has 5 saturated heterocycles. The molecule has 0 radical (unpaired) electrons. The molecule has 6 bridgehead atoms. The Hall–Kier alpha value is -2.36. The van der Waals surface area contributed by atoms with E-state index in [0.29, 0.717) is 12.8 Å². The summed E-state index contributed by atoms with van der Waals surface area (Å²) < 4.78 is 38.8. The van der Waals surface area contributed by atoms with Gasteiger partial charge in [-0.25, -0.2) is 4.79 Å². The van der Waals surface area contributed by atoms with Gasteiger partial charge in [0, 0.05) is 29.7 Å². The van der Waals surface area contributed by atoms with Gasteiger partial charge in [0.2, 0.25) is 0 Å². The van der Waals surface area contributed by atoms with Crippen LogP contribution in [-0.2, 0) is 38.0 Å². The maximum Gasteiger partial charge on any atom is 0.411 e. The van der Waals surface area contributed by atoms with Crippen LogP contribution < -0.4 is 0 Å². The van der Waals surface area contributed by atoms with Gasteiger partial charge >= 0.3 is 12.1 Å². The second-order valence-corrected chi connectivity index (χ2v) is 15.7. The molecule has 15 atom stereocenters. The molecule has 0 aromatic rings. The number of carbonyl (C=O) groups is 3. The lowest BCUT2D eigenvalue weighted by molar-refractivity contribution is -0.302. The molecular weight excluding hydrogens is 638 g/mol. The smallest absolute Gasteiger partial charge is 0.411 e. The molecule has 0 aromatic carbocycles. The predicted octanol–water partition coefficient (Wildman–Crippen LogP) is 2.85. The van der Waals surface area contributed by atoms with Crippen molar-refractivity contribution in [2.45, 2.75) is 135 Å². The molecule has 0 aliphatic carbocycles. The number of aliphatic hydroxyl groups excluding tert-OH is 1. The number of Topliss-reactive ketones (excluding diaryl/α,β-unsaturated/α-hetero) is 1. The number of likely N-dealkylation sites (N-methyl/N-ethyl adjacent to an activating group) is 1. The maximum absolute atomic E-state index is 14.5. The van der Waals surface area contributed by atoms with Crippen molar-refractivity contribution in [2.75, 3.05) is 33.9 Å². The summed E-state index contributed by atoms with van der Waals surface area (Å²) >= 11 is 0. The van der Waals surface area contributed by atoms with Crippen LogP contribution in [0.5, 0.6) is 0 Å². The van der Waals surface area contributed by atoms with Crippen LogP contribution in [0.1, 0.15) is 74.7 Å². The van der Waals surface area contributed by atoms with Gasteiger partial charge in [-0.15, -0.1) is 0 Å². The zero-order chi connectivity index (χ0) is 36.2. The van der Waals surface area contributed by atoms with E-state index < -0.39 is 89.6 Å². The summed E-state index contributed by atoms with van der Waals surface area (Å²) in [6, 6.07) is -1.08. The predicted molar refractivity (Wildman–Crippen MR) is 176 cm³/mol. The van der Waals surface area contributed by atoms with Crippen molar-refractivity contribution in [1.29, 1.82) is 0 Å². The van der Waals surface area contributed by atoms with E-state index in [1.807, 2.05) is 53.6 Å². The number of hydrogen-bond donors (Lipinski definition) is 2. The molecule has 5 aliphatic rings. The molecule has 3 unspecified atom stereocenters. The van der Waals surface area contributed by atoms with Gasteiger partial charge in [-0.1, -0.05) is 32.9 Å². The fraction of sp³-hybridized carbons (Fsp3) is 0.886. The summed E-state index contributed by atoms with van der Waals surface area (Å²) in [5.74, 6) is -4.04. The number of aliphatic hydroxyl groups is 1. The summed E-state index contributed by atoms with van der Waals surface area (Å²) in [5.41, 5.74) is -2.34. The Morgan fingerprint density at radius 3 is 2.39 bits per heavy atom. The number of hydrogen-bond acceptors (Lipinski definition) is 13. The minimum Gasteiger partial charge on any atom is -0.458 e. The van der Waals surface area contributed by atoms with Gasteiger partial charge in [-0.2, -0.15) is 0 Å². The Bertz CT molecular complexity index is 1280. The fourth-order valence-corrected chi connectivity index (χ4v) is 9.20. The number of ether oxygens (including phenoxy) is 6. The number of fused-ring (bicyclic) bond motifs is 5. The summed E-state index contributed by atoms with van der Waals surface area (Å²) in [6.07, 6.45) is -4.34. The Morgan fingerprint density at radius 2 is 1.76 bits per heavy atom. The minimum absolute atomic E-state index is 0.00229. The van der Waals surface area contributed by atoms with E-state index in [1.165, 1.54) is 4.90 Å². The Balaban J connectivity index is 1.71. The van der Waals surface area contributed by atoms with Crippen LogP contribution in [0.2, 0.25) is 0 Å². The first-order chi connectivity index (χ1) is 23.0. The van der Waals surface area contributed by atoms with E-state index in [2.05, 4.69) is 5.16 Å². The molecule has 278 valence electrons. The molecule has 1 amide bonds. The molecule has 2 N–H and O–H groups in total. The number of amides is 1. The molecule has 5 aliphatic heterocycles. The quantitative estimate of drug-likeness (QED) is 0.251. The highest BCUT2D eigenvalue weighted by molar-refractivity contribution is 5.92. The number of nitrogens with zero attached hydrogens (tertiary/aromatic N) is 3. The van der Waals surface area contributed by atoms with Gasteiger partial charge in [0.15, 0.2) is 11.9 Å². The van der Waals surface area contributed by atoms with Crippen molar-refractivity contribution in [3.05, 3.63) is 0 Å². The lowest BCUT2D eigenvalue weighted by atomic mass is 9.73. The monoisotopic (exact) mass is 695 g/mol. The van der Waals surface area contributed by atoms with Gasteiger partial charge in [-0.05, 0) is 61.1 Å². The average molecular weight is 696 g/mol. The van der Waals surface area contributed by atoms with Crippen molar-refractivity contribution < 1.29 is 53.1 Å². The first-order valence-electron chi connectivity index (χ1n) is 17.8. The number of oxime groups is 1. The average Bonchev–Trinajstić information content (AvgIpc) is 3.32. The zero-order valence-electron chi connectivity index (χ0n) is 30.7. The Morgan fingerprint density at radius 1 is 1.06 bits per heavy atom. The molecule has 49 heavy (non-hydrogen) atoms. The third-order valence-electron chi connectivity index (χ3n) is 11.9. The third-order valence-corrected chi connectivity index (χ3v) is 11.9. The van der Waals surface area contributed by atoms with Crippen LogP contribution in [0, 0.1) is 29.6 Å². The summed E-state index contributed by atoms with van der Waals surface area (Å²) in [7, 11) is 3.80. The van der Waals surface area contributed by atoms with E-state index in [4.69, 9.17) is 28.4 Å². The lowest BCUT2D eigenvalue weighted by Crippen LogP contribution is -2.61. The SMILES string of the molecule is CC[C@H]1OC(=O)[C@H](C)[C@H]2OCC3COC(C)(C[C@@H](C)C(=O)[C@H](C)[C@@H]4N(C/C3=N/O)C(=O)OC41C)[C@H](O[C@@H]1O[C@H](C)C[C@H](N(C)C)[C@H]1O)[C@H]2C. The highest BCUT2D eigenvalue weighted by Crippen LogP contribution is 2.45. The van der Waals surface area contributed by atoms with Crippen LogP contribution in [0.25, 0.3) is 0 Å². The van der Waals surface area contributed by atoms with Crippen molar-refractivity contribution >= 4 is 23.6 Å². The van der Waals surface area contributed by atoms with Crippen LogP contribution in [-0.4, -0.2) is 138 Å². The first-order valence-corrected chi connectivity index (χ1v) is 17.8. The Labute approximate surface area is 289 Å². The van der Waals surface area contributed by atoms with Gasteiger partial charge in [0.1, 0.15) is 18.0 Å². The van der Waals surface area contributed by atoms with E-state index in [-0.39, 0.29) is 49.8 Å². The van der Waals surface area contributed by atoms with Gasteiger partial charge < -0.3 is 43.6 Å². The third kappa shape index (κ3) is 6.85. The van der Waals surface area contributed by atoms with Crippen molar-refractivity contribution in [3.8, 4) is 0 Å². The number of rotatable bonds is 4. The normalized spacial score (nSPS) is 47.7. The van der Waals surface area contributed by atoms with E-state index >= 15 is 0 Å². The molecule has 14 heteroatoms. The molecule has 5 heterocycles. The summed E-state index contributed by atoms with van der Waals surface area (Å²) in [5, 5.41) is 25.6. The van der Waals surface area contributed by atoms with E-state index in [9.17, 15) is 24.7 Å². The van der Waals surface area contributed by atoms with Gasteiger partial charge in [0.25, 0.3) is 0 Å². The van der Waals surface area contributed by atoms with Crippen molar-refractivity contribution in [3.63, 3.8) is 0 Å². The van der Waals surface area contributed by atoms with E-state index in [1.54, 1.807) is 20.8 Å². The fourth-order valence-electron chi connectivity index (χ4n) is 9.20. The molecule has 0 aromatic heterocycles. The maximum atomic E-state index is 14.5. The minimum atomic E-state index is -1.38. The highest BCUT2D eigenvalue weighted by atomic mass is 16.7. The molecule has 0 saturated carbocycles. The van der Waals surface area contributed by atoms with E-state index in [0.717, 1.165) is 0 Å². The largest absolute Gasteiger partial charge is 0.458 e. The number of ketones is 1. The standard InChI is InChI=1S/C35H57N3O11/c1-11-25-35(8)29-19(4)26(39)17(2)13-34(7)30(48-32-27(40)24(37(9)10)12-18(3)46-32)20(5)28(21(6)31(41)47-25)44-15-22(16-45-34)23(36-43)14-38(29)33(42)49-35/h17-22,24-25,27-30,32,40,43H,11-16H2,1-10H3/b36-23-/t17-,18-,19+,20+,21-,22?,24+,25-,27-,28+,29+,30-,32+,34?,35?/m1/s1. The molecule has 5 fully saturated rings. The lowest BCUT2D eigenvalue weighted by Gasteiger charge is -2.48. The number of carbonyl (C=O) groups excluding carboxylic acids is 3. The highest BCUT2D eigenvalue weighted by Gasteiger charge is 2.61. The number of esters is 1. The molecule has 5 rings (SSSR count). The summed E-state index contributed by atoms with van der Waals surface area (Å²) in [4.78, 5) is 45.7. The second-order valence-electron chi connectivity index (χ2n) is 15.7. The molecule has 0 spiro atoms. The number of cyclic esters (lactones) is 1. The van der Waals surface area contributed by atoms with Crippen molar-refractivity contribution in [2.24, 2.45) is 34.7 Å². The van der Waals surface area contributed by atoms with Crippen LogP contribution in [0.15, 0.2) is 5.16 Å². The first kappa shape index (κ1) is 37.9. The van der Waals surface area contributed by atoms with Gasteiger partial charge in [-0.3, -0.25) is 14.5 Å². The van der Waals surface area contributed by atoms with Crippen LogP contribution in [0.3, 0.4) is 0 Å². The molecular formula is C35H57N3O11.